The predicted molar refractivity (Wildman–Crippen MR) is 529 cm³/mol. The summed E-state index contributed by atoms with van der Waals surface area (Å²) in [7, 11) is 0. The van der Waals surface area contributed by atoms with Gasteiger partial charge in [-0.05, 0) is 103 Å². The van der Waals surface area contributed by atoms with Gasteiger partial charge in [0.25, 0.3) is 0 Å². The number of rotatable bonds is 48. The predicted octanol–water partition coefficient (Wildman–Crippen LogP) is 5.89. The van der Waals surface area contributed by atoms with Crippen molar-refractivity contribution < 1.29 is 186 Å². The highest BCUT2D eigenvalue weighted by Gasteiger charge is 2.26. The summed E-state index contributed by atoms with van der Waals surface area (Å²) in [4.78, 5) is 253. The van der Waals surface area contributed by atoms with Crippen LogP contribution in [0.1, 0.15) is 349 Å². The fraction of sp³-hybridized carbons (Fsp3) is 0.739. The standard InChI is InChI=1S/C9H17NO3.2C8H15NO3.3C7H13NO3.5C6H11NO3.C6H14O2.C5H11NO2.C5H11NO/c1-3-4-5-6-8(9(12)13)10-7(2)11;1-4-5(2)7(8(11)12)9-6(3)10;1-3-4-5-7(8(11)12)9-6(2)10;3*1-3-4-6(7(10)11)8-5(2)9;5*1-3-5(6(9)10)7-4(2)8;1-4-5(2)6(3)8-7;1-3-5(8)6-4(2)7;1-4(2)6-5(3)7/h8H,3-6H2,1-2H3,(H,10,11)(H,12,13);5,7H,4H2,1-3H3,(H,9,10)(H,11,12);7H,3-5H2,1-2H3,(H,9,10)(H,11,12);3*6H,3-4H2,1-2H3,(H,8,9)(H,10,11);5*5H,3H2,1-2H3,(H,7,8)(H,9,10);5-7H,4H2,1-3H3;5,8H,3H2,1-2H3,(H,6,7);4H,1-3H3,(H,6,7). The Morgan fingerprint density at radius 2 is 0.385 bits per heavy atom. The molecule has 51 heteroatoms. The van der Waals surface area contributed by atoms with Crippen LogP contribution in [0.25, 0.3) is 0 Å². The summed E-state index contributed by atoms with van der Waals surface area (Å²) in [6.45, 7) is 50.8. The highest BCUT2D eigenvalue weighted by atomic mass is 17.1. The van der Waals surface area contributed by atoms with Gasteiger partial charge in [0.05, 0.1) is 6.10 Å². The quantitative estimate of drug-likeness (QED) is 0.0146. The Balaban J connectivity index is -0.000000105. The molecular weight excluding hydrogens is 1900 g/mol. The molecule has 0 fully saturated rings. The fourth-order valence-electron chi connectivity index (χ4n) is 9.39. The number of hydrogen-bond acceptors (Lipinski definition) is 27. The molecule has 0 heterocycles. The SMILES string of the molecule is CC(=O)NC(C)C.CCC(C)C(C)OO.CCC(C)C(NC(C)=O)C(=O)O.CCC(NC(C)=O)C(=O)O.CCC(NC(C)=O)C(=O)O.CCC(NC(C)=O)C(=O)O.CCC(NC(C)=O)C(=O)O.CCC(NC(C)=O)C(=O)O.CCC(O)NC(C)=O.CCCC(NC(C)=O)C(=O)O.CCCC(NC(C)=O)C(=O)O.CCCC(NC(C)=O)C(=O)O.CCCCC(NC(C)=O)C(=O)O.CCCCCC(NC(C)=O)C(=O)O. The zero-order chi connectivity index (χ0) is 116. The molecule has 0 aromatic carbocycles. The van der Waals surface area contributed by atoms with Gasteiger partial charge >= 0.3 is 65.7 Å². The van der Waals surface area contributed by atoms with Crippen LogP contribution in [0.3, 0.4) is 0 Å². The van der Waals surface area contributed by atoms with Crippen molar-refractivity contribution in [3.05, 3.63) is 0 Å². The number of amides is 13. The lowest BCUT2D eigenvalue weighted by Gasteiger charge is -2.18. The molecule has 0 aromatic heterocycles. The maximum absolute atomic E-state index is 10.6. The molecule has 26 N–H and O–H groups in total. The Bertz CT molecular complexity index is 3340. The zero-order valence-electron chi connectivity index (χ0n) is 89.6. The van der Waals surface area contributed by atoms with Gasteiger partial charge in [0.1, 0.15) is 72.7 Å². The summed E-state index contributed by atoms with van der Waals surface area (Å²) in [5, 5.41) is 141. The molecule has 0 spiro atoms. The van der Waals surface area contributed by atoms with Gasteiger partial charge in [-0.3, -0.25) is 67.6 Å². The second-order valence-corrected chi connectivity index (χ2v) is 31.5. The van der Waals surface area contributed by atoms with Crippen molar-refractivity contribution in [2.24, 2.45) is 11.8 Å². The minimum Gasteiger partial charge on any atom is -0.480 e. The molecule has 838 valence electrons. The smallest absolute Gasteiger partial charge is 0.326 e. The van der Waals surface area contributed by atoms with E-state index in [1.807, 2.05) is 69.2 Å². The van der Waals surface area contributed by atoms with E-state index in [4.69, 9.17) is 66.5 Å². The Kier molecular flexibility index (Phi) is 118. The summed E-state index contributed by atoms with van der Waals surface area (Å²) in [6, 6.07) is -7.79. The zero-order valence-corrected chi connectivity index (χ0v) is 89.6. The van der Waals surface area contributed by atoms with Gasteiger partial charge < -0.3 is 130 Å². The van der Waals surface area contributed by atoms with Crippen LogP contribution in [0, 0.1) is 11.8 Å². The molecule has 0 saturated heterocycles. The van der Waals surface area contributed by atoms with Crippen LogP contribution in [0.15, 0.2) is 0 Å². The van der Waals surface area contributed by atoms with Crippen LogP contribution in [0.2, 0.25) is 0 Å². The van der Waals surface area contributed by atoms with Crippen molar-refractivity contribution in [3.63, 3.8) is 0 Å². The van der Waals surface area contributed by atoms with E-state index in [-0.39, 0.29) is 94.9 Å². The molecule has 0 rings (SSSR count). The van der Waals surface area contributed by atoms with Gasteiger partial charge in [0.2, 0.25) is 76.8 Å². The highest BCUT2D eigenvalue weighted by Crippen LogP contribution is 2.10. The summed E-state index contributed by atoms with van der Waals surface area (Å²) in [5.74, 6) is -13.8. The van der Waals surface area contributed by atoms with Gasteiger partial charge in [-0.25, -0.2) is 57.6 Å². The molecule has 0 aromatic rings. The third kappa shape index (κ3) is 129. The van der Waals surface area contributed by atoms with Crippen LogP contribution >= 0.6 is 0 Å². The van der Waals surface area contributed by atoms with E-state index in [0.29, 0.717) is 76.5 Å². The van der Waals surface area contributed by atoms with E-state index in [1.54, 1.807) is 48.5 Å². The summed E-state index contributed by atoms with van der Waals surface area (Å²) in [6.07, 6.45) is 13.0. The summed E-state index contributed by atoms with van der Waals surface area (Å²) >= 11 is 0. The minimum atomic E-state index is -0.988. The van der Waals surface area contributed by atoms with Crippen LogP contribution in [-0.4, -0.2) is 294 Å². The normalized spacial score (nSPS) is 12.6. The summed E-state index contributed by atoms with van der Waals surface area (Å²) in [5.41, 5.74) is 0. The maximum Gasteiger partial charge on any atom is 0.326 e. The molecular formula is C92H177N13O38. The van der Waals surface area contributed by atoms with Crippen molar-refractivity contribution in [3.8, 4) is 0 Å². The fourth-order valence-corrected chi connectivity index (χ4v) is 9.39. The topological polar surface area (TPSA) is 838 Å². The molecule has 0 aliphatic carbocycles. The van der Waals surface area contributed by atoms with Gasteiger partial charge in [-0.15, -0.1) is 0 Å². The van der Waals surface area contributed by atoms with Crippen LogP contribution in [-0.2, 0) is 120 Å². The molecule has 0 bridgehead atoms. The number of hydrogen-bond donors (Lipinski definition) is 26. The molecule has 0 radical (unpaired) electrons. The lowest BCUT2D eigenvalue weighted by atomic mass is 9.99. The number of aliphatic carboxylic acids is 11. The minimum absolute atomic E-state index is 0.0278. The van der Waals surface area contributed by atoms with E-state index >= 15 is 0 Å². The van der Waals surface area contributed by atoms with Gasteiger partial charge in [0.15, 0.2) is 0 Å². The molecule has 15 unspecified atom stereocenters. The average molecular weight is 2070 g/mol. The first kappa shape index (κ1) is 161. The molecule has 143 heavy (non-hydrogen) atoms. The molecule has 51 nitrogen and oxygen atoms in total. The van der Waals surface area contributed by atoms with Crippen LogP contribution in [0.5, 0.6) is 0 Å². The lowest BCUT2D eigenvalue weighted by Crippen LogP contribution is -2.43. The Morgan fingerprint density at radius 3 is 0.490 bits per heavy atom. The average Bonchev–Trinajstić information content (AvgIpc) is 0.911. The summed E-state index contributed by atoms with van der Waals surface area (Å²) < 4.78 is 0. The molecule has 13 amide bonds. The Hall–Kier alpha value is -12.8. The molecule has 15 atom stereocenters. The second kappa shape index (κ2) is 105. The Labute approximate surface area is 840 Å². The maximum atomic E-state index is 10.6. The monoisotopic (exact) mass is 2070 g/mol. The highest BCUT2D eigenvalue weighted by molar-refractivity contribution is 5.88. The van der Waals surface area contributed by atoms with Crippen molar-refractivity contribution in [1.82, 2.24) is 69.1 Å². The molecule has 0 aliphatic heterocycles. The largest absolute Gasteiger partial charge is 0.480 e. The van der Waals surface area contributed by atoms with E-state index in [0.717, 1.165) is 64.2 Å². The first-order valence-corrected chi connectivity index (χ1v) is 46.8. The second-order valence-electron chi connectivity index (χ2n) is 31.5. The van der Waals surface area contributed by atoms with E-state index in [9.17, 15) is 115 Å². The van der Waals surface area contributed by atoms with Crippen molar-refractivity contribution in [1.29, 1.82) is 0 Å². The third-order valence-corrected chi connectivity index (χ3v) is 17.2. The first-order valence-electron chi connectivity index (χ1n) is 46.8. The van der Waals surface area contributed by atoms with Gasteiger partial charge in [0, 0.05) is 96.1 Å². The van der Waals surface area contributed by atoms with Crippen LogP contribution in [0.4, 0.5) is 0 Å². The van der Waals surface area contributed by atoms with Crippen molar-refractivity contribution in [2.45, 2.75) is 434 Å². The van der Waals surface area contributed by atoms with Gasteiger partial charge in [-0.2, -0.15) is 0 Å². The number of carbonyl (C=O) groups is 24. The van der Waals surface area contributed by atoms with Crippen molar-refractivity contribution in [2.75, 3.05) is 0 Å². The first-order chi connectivity index (χ1) is 65.7. The number of carbonyl (C=O) groups excluding carboxylic acids is 13. The number of unbranched alkanes of at least 4 members (excludes halogenated alkanes) is 3. The molecule has 0 saturated carbocycles. The van der Waals surface area contributed by atoms with Crippen LogP contribution < -0.4 is 69.1 Å². The number of nitrogens with one attached hydrogen (secondary N) is 13. The number of aliphatic hydroxyl groups excluding tert-OH is 1. The van der Waals surface area contributed by atoms with Crippen molar-refractivity contribution >= 4 is 142 Å². The Morgan fingerprint density at radius 1 is 0.203 bits per heavy atom. The molecule has 0 aliphatic rings. The van der Waals surface area contributed by atoms with E-state index < -0.39 is 138 Å². The number of carboxylic acid groups (broad SMARTS) is 11. The number of aliphatic hydroxyl groups is 1. The van der Waals surface area contributed by atoms with Gasteiger partial charge in [-0.1, -0.05) is 168 Å². The third-order valence-electron chi connectivity index (χ3n) is 17.2. The number of carboxylic acids is 11. The van der Waals surface area contributed by atoms with E-state index in [2.05, 4.69) is 80.9 Å². The van der Waals surface area contributed by atoms with E-state index in [1.165, 1.54) is 90.0 Å². The lowest BCUT2D eigenvalue weighted by molar-refractivity contribution is -0.284.